The van der Waals surface area contributed by atoms with Gasteiger partial charge in [-0.25, -0.2) is 4.39 Å². The van der Waals surface area contributed by atoms with E-state index in [2.05, 4.69) is 15.5 Å². The Hall–Kier alpha value is -1.42. The van der Waals surface area contributed by atoms with Gasteiger partial charge >= 0.3 is 0 Å². The standard InChI is InChI=1S/C13H16FN3/c14-9-4-5-11-12(7-9)16-17-13(11)8-10-3-1-2-6-15-10/h4-5,7,10,15H,1-3,6,8H2,(H,16,17). The minimum absolute atomic E-state index is 0.230. The van der Waals surface area contributed by atoms with Gasteiger partial charge in [0.25, 0.3) is 0 Å². The quantitative estimate of drug-likeness (QED) is 0.836. The van der Waals surface area contributed by atoms with Crippen LogP contribution in [0.15, 0.2) is 18.2 Å². The molecule has 3 nitrogen and oxygen atoms in total. The molecule has 1 saturated heterocycles. The number of hydrogen-bond acceptors (Lipinski definition) is 2. The van der Waals surface area contributed by atoms with Crippen LogP contribution in [-0.2, 0) is 6.42 Å². The molecule has 0 bridgehead atoms. The first-order valence-corrected chi connectivity index (χ1v) is 6.19. The van der Waals surface area contributed by atoms with Gasteiger partial charge in [0.05, 0.1) is 5.52 Å². The van der Waals surface area contributed by atoms with Gasteiger partial charge in [0, 0.05) is 29.6 Å². The van der Waals surface area contributed by atoms with Crippen molar-refractivity contribution in [2.24, 2.45) is 0 Å². The highest BCUT2D eigenvalue weighted by atomic mass is 19.1. The van der Waals surface area contributed by atoms with Crippen LogP contribution in [0.2, 0.25) is 0 Å². The van der Waals surface area contributed by atoms with Crippen molar-refractivity contribution in [3.63, 3.8) is 0 Å². The van der Waals surface area contributed by atoms with Crippen LogP contribution >= 0.6 is 0 Å². The van der Waals surface area contributed by atoms with Crippen molar-refractivity contribution in [2.75, 3.05) is 6.54 Å². The first-order chi connectivity index (χ1) is 8.33. The summed E-state index contributed by atoms with van der Waals surface area (Å²) in [5, 5.41) is 11.7. The summed E-state index contributed by atoms with van der Waals surface area (Å²) in [6, 6.07) is 5.31. The molecule has 0 amide bonds. The zero-order chi connectivity index (χ0) is 11.7. The lowest BCUT2D eigenvalue weighted by molar-refractivity contribution is 0.397. The van der Waals surface area contributed by atoms with E-state index in [0.29, 0.717) is 6.04 Å². The van der Waals surface area contributed by atoms with Gasteiger partial charge in [-0.05, 0) is 31.5 Å². The average molecular weight is 233 g/mol. The fourth-order valence-electron chi connectivity index (χ4n) is 2.54. The summed E-state index contributed by atoms with van der Waals surface area (Å²) in [6.07, 6.45) is 4.72. The van der Waals surface area contributed by atoms with Crippen LogP contribution in [-0.4, -0.2) is 22.8 Å². The van der Waals surface area contributed by atoms with Crippen molar-refractivity contribution in [1.82, 2.24) is 15.5 Å². The summed E-state index contributed by atoms with van der Waals surface area (Å²) in [6.45, 7) is 1.10. The summed E-state index contributed by atoms with van der Waals surface area (Å²) in [7, 11) is 0. The molecule has 3 rings (SSSR count). The first kappa shape index (κ1) is 10.7. The molecule has 0 aliphatic carbocycles. The second kappa shape index (κ2) is 4.45. The minimum Gasteiger partial charge on any atom is -0.314 e. The molecule has 1 aliphatic rings. The van der Waals surface area contributed by atoms with Gasteiger partial charge in [0.15, 0.2) is 0 Å². The van der Waals surface area contributed by atoms with Crippen molar-refractivity contribution in [2.45, 2.75) is 31.7 Å². The van der Waals surface area contributed by atoms with E-state index < -0.39 is 0 Å². The number of benzene rings is 1. The number of aromatic amines is 1. The predicted molar refractivity (Wildman–Crippen MR) is 65.4 cm³/mol. The molecule has 2 aromatic rings. The SMILES string of the molecule is Fc1ccc2c(CC3CCCCN3)[nH]nc2c1. The van der Waals surface area contributed by atoms with Gasteiger partial charge in [0.2, 0.25) is 0 Å². The van der Waals surface area contributed by atoms with Gasteiger partial charge in [-0.1, -0.05) is 6.42 Å². The summed E-state index contributed by atoms with van der Waals surface area (Å²) >= 11 is 0. The molecule has 0 radical (unpaired) electrons. The summed E-state index contributed by atoms with van der Waals surface area (Å²) in [5.74, 6) is -0.230. The molecule has 1 fully saturated rings. The zero-order valence-corrected chi connectivity index (χ0v) is 9.67. The van der Waals surface area contributed by atoms with Crippen LogP contribution in [0, 0.1) is 5.82 Å². The number of aromatic nitrogens is 2. The molecule has 90 valence electrons. The normalized spacial score (nSPS) is 20.9. The Morgan fingerprint density at radius 1 is 1.35 bits per heavy atom. The van der Waals surface area contributed by atoms with Crippen molar-refractivity contribution >= 4 is 10.9 Å². The van der Waals surface area contributed by atoms with E-state index in [1.807, 2.05) is 6.07 Å². The fraction of sp³-hybridized carbons (Fsp3) is 0.462. The number of hydrogen-bond donors (Lipinski definition) is 2. The van der Waals surface area contributed by atoms with E-state index in [-0.39, 0.29) is 5.82 Å². The van der Waals surface area contributed by atoms with Crippen LogP contribution in [0.25, 0.3) is 10.9 Å². The third kappa shape index (κ3) is 2.17. The third-order valence-electron chi connectivity index (χ3n) is 3.46. The largest absolute Gasteiger partial charge is 0.314 e. The monoisotopic (exact) mass is 233 g/mol. The topological polar surface area (TPSA) is 40.7 Å². The Balaban J connectivity index is 1.84. The van der Waals surface area contributed by atoms with Gasteiger partial charge in [0.1, 0.15) is 5.82 Å². The highest BCUT2D eigenvalue weighted by Crippen LogP contribution is 2.20. The molecule has 1 aromatic carbocycles. The van der Waals surface area contributed by atoms with Crippen molar-refractivity contribution in [3.8, 4) is 0 Å². The minimum atomic E-state index is -0.230. The number of H-pyrrole nitrogens is 1. The molecular formula is C13H16FN3. The predicted octanol–water partition coefficient (Wildman–Crippen LogP) is 2.39. The first-order valence-electron chi connectivity index (χ1n) is 6.19. The Labute approximate surface area is 99.4 Å². The second-order valence-electron chi connectivity index (χ2n) is 4.71. The maximum atomic E-state index is 13.0. The van der Waals surface area contributed by atoms with Gasteiger partial charge < -0.3 is 5.32 Å². The van der Waals surface area contributed by atoms with E-state index in [0.717, 1.165) is 29.6 Å². The van der Waals surface area contributed by atoms with Crippen LogP contribution in [0.5, 0.6) is 0 Å². The van der Waals surface area contributed by atoms with Crippen LogP contribution in [0.4, 0.5) is 4.39 Å². The molecule has 2 N–H and O–H groups in total. The number of rotatable bonds is 2. The maximum absolute atomic E-state index is 13.0. The third-order valence-corrected chi connectivity index (χ3v) is 3.46. The lowest BCUT2D eigenvalue weighted by atomic mass is 9.99. The zero-order valence-electron chi connectivity index (χ0n) is 9.67. The number of fused-ring (bicyclic) bond motifs is 1. The summed E-state index contributed by atoms with van der Waals surface area (Å²) in [5.41, 5.74) is 1.83. The Bertz CT molecular complexity index is 514. The Morgan fingerprint density at radius 3 is 3.12 bits per heavy atom. The van der Waals surface area contributed by atoms with Crippen LogP contribution in [0.3, 0.4) is 0 Å². The lowest BCUT2D eigenvalue weighted by Gasteiger charge is -2.22. The molecule has 1 unspecified atom stereocenters. The van der Waals surface area contributed by atoms with Crippen molar-refractivity contribution in [3.05, 3.63) is 29.7 Å². The Kier molecular flexibility index (Phi) is 2.81. The van der Waals surface area contributed by atoms with Crippen LogP contribution in [0.1, 0.15) is 25.0 Å². The van der Waals surface area contributed by atoms with Crippen molar-refractivity contribution < 1.29 is 4.39 Å². The number of halogens is 1. The molecule has 1 atom stereocenters. The maximum Gasteiger partial charge on any atom is 0.125 e. The molecule has 17 heavy (non-hydrogen) atoms. The molecule has 1 aliphatic heterocycles. The molecule has 0 saturated carbocycles. The number of nitrogens with zero attached hydrogens (tertiary/aromatic N) is 1. The highest BCUT2D eigenvalue weighted by molar-refractivity contribution is 5.81. The number of piperidine rings is 1. The van der Waals surface area contributed by atoms with E-state index in [4.69, 9.17) is 0 Å². The fourth-order valence-corrected chi connectivity index (χ4v) is 2.54. The van der Waals surface area contributed by atoms with E-state index in [1.54, 1.807) is 0 Å². The molecular weight excluding hydrogens is 217 g/mol. The van der Waals surface area contributed by atoms with E-state index in [9.17, 15) is 4.39 Å². The average Bonchev–Trinajstić information content (AvgIpc) is 2.73. The molecule has 0 spiro atoms. The second-order valence-corrected chi connectivity index (χ2v) is 4.71. The van der Waals surface area contributed by atoms with E-state index >= 15 is 0 Å². The van der Waals surface area contributed by atoms with Gasteiger partial charge in [-0.2, -0.15) is 5.10 Å². The molecule has 1 aromatic heterocycles. The highest BCUT2D eigenvalue weighted by Gasteiger charge is 2.15. The van der Waals surface area contributed by atoms with E-state index in [1.165, 1.54) is 31.4 Å². The molecule has 4 heteroatoms. The molecule has 2 heterocycles. The Morgan fingerprint density at radius 2 is 2.29 bits per heavy atom. The smallest absolute Gasteiger partial charge is 0.125 e. The number of nitrogens with one attached hydrogen (secondary N) is 2. The summed E-state index contributed by atoms with van der Waals surface area (Å²) < 4.78 is 13.0. The van der Waals surface area contributed by atoms with Gasteiger partial charge in [-0.15, -0.1) is 0 Å². The van der Waals surface area contributed by atoms with Crippen molar-refractivity contribution in [1.29, 1.82) is 0 Å². The van der Waals surface area contributed by atoms with Crippen LogP contribution < -0.4 is 5.32 Å². The van der Waals surface area contributed by atoms with Gasteiger partial charge in [-0.3, -0.25) is 5.10 Å². The lowest BCUT2D eigenvalue weighted by Crippen LogP contribution is -2.35. The summed E-state index contributed by atoms with van der Waals surface area (Å²) in [4.78, 5) is 0.